The van der Waals surface area contributed by atoms with Gasteiger partial charge in [-0.2, -0.15) is 76.7 Å². The third kappa shape index (κ3) is 6.42. The Labute approximate surface area is 201 Å². The summed E-state index contributed by atoms with van der Waals surface area (Å²) in [6.45, 7) is 3.07. The van der Waals surface area contributed by atoms with Gasteiger partial charge in [0.2, 0.25) is 0 Å². The molecule has 0 rings (SSSR count). The molecule has 0 aliphatic rings. The molecule has 0 bridgehead atoms. The minimum atomic E-state index is -8.14. The van der Waals surface area contributed by atoms with Gasteiger partial charge in [-0.15, -0.1) is 0 Å². The van der Waals surface area contributed by atoms with Crippen LogP contribution in [0.25, 0.3) is 0 Å². The first-order valence-corrected chi connectivity index (χ1v) is 8.51. The van der Waals surface area contributed by atoms with Gasteiger partial charge in [0.25, 0.3) is 0 Å². The van der Waals surface area contributed by atoms with E-state index >= 15 is 0 Å². The first-order chi connectivity index (χ1) is 12.8. The number of hydrogen-bond acceptors (Lipinski definition) is 0. The summed E-state index contributed by atoms with van der Waals surface area (Å²) in [5.41, 5.74) is 0. The molecule has 0 radical (unpaired) electrons. The molecule has 2 atom stereocenters. The van der Waals surface area contributed by atoms with Crippen molar-refractivity contribution in [1.82, 2.24) is 0 Å². The fourth-order valence-corrected chi connectivity index (χ4v) is 2.61. The van der Waals surface area contributed by atoms with Crippen molar-refractivity contribution in [1.29, 1.82) is 0 Å². The van der Waals surface area contributed by atoms with Gasteiger partial charge in [0.05, 0.1) is 5.92 Å². The van der Waals surface area contributed by atoms with Crippen LogP contribution < -0.4 is 0 Å². The van der Waals surface area contributed by atoms with E-state index in [1.165, 1.54) is 22.6 Å². The standard InChI is InChI=1S/C13H10F16I.U/c1-2-6(30)3-5(8(16,17)18)4-7(14,15)9(19,20)10(21,22)11(23,24)12(25,26)13(27,28)29;/h5-6H,1-4H2;/q-1;. The van der Waals surface area contributed by atoms with E-state index < -0.39 is 71.1 Å². The van der Waals surface area contributed by atoms with Crippen LogP contribution in [-0.2, 0) is 0 Å². The number of hydrogen-bond donors (Lipinski definition) is 0. The van der Waals surface area contributed by atoms with Crippen LogP contribution in [0.15, 0.2) is 0 Å². The smallest absolute Gasteiger partial charge is 0.342 e. The van der Waals surface area contributed by atoms with E-state index in [0.717, 1.165) is 0 Å². The zero-order valence-corrected chi connectivity index (χ0v) is 20.7. The molecule has 0 saturated heterocycles. The molecule has 0 saturated carbocycles. The molecular formula is C13H10F16IU-. The van der Waals surface area contributed by atoms with Crippen LogP contribution in [0.4, 0.5) is 70.2 Å². The van der Waals surface area contributed by atoms with Gasteiger partial charge in [-0.1, -0.05) is 22.6 Å². The van der Waals surface area contributed by atoms with Crippen molar-refractivity contribution in [2.75, 3.05) is 0 Å². The second kappa shape index (κ2) is 10.1. The predicted molar refractivity (Wildman–Crippen MR) is 77.4 cm³/mol. The average molecular weight is 835 g/mol. The monoisotopic (exact) mass is 835 g/mol. The van der Waals surface area contributed by atoms with Crippen LogP contribution >= 0.6 is 22.6 Å². The molecule has 0 amide bonds. The molecule has 31 heavy (non-hydrogen) atoms. The Balaban J connectivity index is 0. The zero-order chi connectivity index (χ0) is 24.8. The fraction of sp³-hybridized carbons (Fsp3) is 0.923. The summed E-state index contributed by atoms with van der Waals surface area (Å²) in [7, 11) is 0. The molecule has 0 aromatic carbocycles. The van der Waals surface area contributed by atoms with Crippen LogP contribution in [0.2, 0.25) is 0 Å². The summed E-state index contributed by atoms with van der Waals surface area (Å²) >= 11 is 1.19. The van der Waals surface area contributed by atoms with E-state index in [4.69, 9.17) is 0 Å². The van der Waals surface area contributed by atoms with Crippen LogP contribution in [0.1, 0.15) is 19.3 Å². The van der Waals surface area contributed by atoms with Gasteiger partial charge < -0.3 is 6.92 Å². The van der Waals surface area contributed by atoms with Crippen molar-refractivity contribution >= 4 is 22.6 Å². The van der Waals surface area contributed by atoms with Gasteiger partial charge in [-0.25, -0.2) is 0 Å². The summed E-state index contributed by atoms with van der Waals surface area (Å²) < 4.78 is 205. The Hall–Kier alpha value is 0.662. The van der Waals surface area contributed by atoms with Crippen LogP contribution in [0, 0.1) is 44.0 Å². The molecule has 0 heterocycles. The topological polar surface area (TPSA) is 0 Å². The molecule has 0 spiro atoms. The Bertz CT molecular complexity index is 581. The Morgan fingerprint density at radius 2 is 0.968 bits per heavy atom. The summed E-state index contributed by atoms with van der Waals surface area (Å²) in [4.78, 5) is 0. The van der Waals surface area contributed by atoms with Crippen molar-refractivity contribution in [3.63, 3.8) is 0 Å². The normalized spacial score (nSPS) is 17.2. The molecule has 0 aliphatic heterocycles. The Morgan fingerprint density at radius 1 is 0.613 bits per heavy atom. The number of halogens is 17. The SMILES string of the molecule is [CH2-]CC(I)CC(CC(F)(F)C(F)(F)C(F)(F)C(F)(F)C(F)(F)C(F)(F)F)C(F)(F)F.[U]. The van der Waals surface area contributed by atoms with E-state index in [0.29, 0.717) is 0 Å². The minimum absolute atomic E-state index is 0. The van der Waals surface area contributed by atoms with Crippen molar-refractivity contribution in [3.8, 4) is 0 Å². The summed E-state index contributed by atoms with van der Waals surface area (Å²) in [5, 5.41) is 0. The molecule has 0 aromatic heterocycles. The molecule has 0 fully saturated rings. The predicted octanol–water partition coefficient (Wildman–Crippen LogP) is 7.71. The van der Waals surface area contributed by atoms with Gasteiger partial charge >= 0.3 is 42.0 Å². The largest absolute Gasteiger partial charge is 0.460 e. The van der Waals surface area contributed by atoms with Gasteiger partial charge in [0.15, 0.2) is 0 Å². The summed E-state index contributed by atoms with van der Waals surface area (Å²) in [6, 6.07) is 0. The van der Waals surface area contributed by atoms with Crippen LogP contribution in [-0.4, -0.2) is 45.9 Å². The molecule has 0 N–H and O–H groups in total. The molecule has 2 unspecified atom stereocenters. The third-order valence-corrected chi connectivity index (χ3v) is 4.95. The molecule has 186 valence electrons. The van der Waals surface area contributed by atoms with E-state index in [1.54, 1.807) is 0 Å². The van der Waals surface area contributed by atoms with Crippen molar-refractivity contribution in [2.24, 2.45) is 5.92 Å². The van der Waals surface area contributed by atoms with E-state index in [9.17, 15) is 70.2 Å². The second-order valence-corrected chi connectivity index (χ2v) is 7.83. The number of alkyl halides is 17. The van der Waals surface area contributed by atoms with Gasteiger partial charge in [0, 0.05) is 37.5 Å². The second-order valence-electron chi connectivity index (χ2n) is 6.06. The van der Waals surface area contributed by atoms with Gasteiger partial charge in [0.1, 0.15) is 0 Å². The molecular weight excluding hydrogens is 825 g/mol. The first kappa shape index (κ1) is 33.8. The van der Waals surface area contributed by atoms with E-state index in [1.807, 2.05) is 0 Å². The van der Waals surface area contributed by atoms with Gasteiger partial charge in [-0.05, 0) is 10.3 Å². The average Bonchev–Trinajstić information content (AvgIpc) is 2.50. The Morgan fingerprint density at radius 3 is 1.26 bits per heavy atom. The maximum Gasteiger partial charge on any atom is 0.460 e. The van der Waals surface area contributed by atoms with Crippen LogP contribution in [0.3, 0.4) is 0 Å². The quantitative estimate of drug-likeness (QED) is 0.0968. The van der Waals surface area contributed by atoms with Crippen molar-refractivity contribution in [2.45, 2.75) is 65.2 Å². The molecule has 0 aliphatic carbocycles. The Kier molecular flexibility index (Phi) is 11.0. The number of rotatable bonds is 9. The maximum atomic E-state index is 13.6. The molecule has 18 heteroatoms. The van der Waals surface area contributed by atoms with E-state index in [-0.39, 0.29) is 31.1 Å². The summed E-state index contributed by atoms with van der Waals surface area (Å²) in [5.74, 6) is -42.2. The van der Waals surface area contributed by atoms with Gasteiger partial charge in [-0.3, -0.25) is 0 Å². The minimum Gasteiger partial charge on any atom is -0.342 e. The van der Waals surface area contributed by atoms with Crippen LogP contribution in [0.5, 0.6) is 0 Å². The summed E-state index contributed by atoms with van der Waals surface area (Å²) in [6.07, 6.45) is -18.5. The van der Waals surface area contributed by atoms with E-state index in [2.05, 4.69) is 6.92 Å². The third-order valence-electron chi connectivity index (χ3n) is 3.82. The molecule has 0 aromatic rings. The zero-order valence-electron chi connectivity index (χ0n) is 14.4. The molecule has 0 nitrogen and oxygen atoms in total. The maximum absolute atomic E-state index is 13.6. The first-order valence-electron chi connectivity index (χ1n) is 7.27. The van der Waals surface area contributed by atoms with Crippen molar-refractivity contribution in [3.05, 3.63) is 6.92 Å². The van der Waals surface area contributed by atoms with Crippen molar-refractivity contribution < 1.29 is 101 Å². The fourth-order valence-electron chi connectivity index (χ4n) is 2.00.